The van der Waals surface area contributed by atoms with E-state index in [9.17, 15) is 4.79 Å². The SMILES string of the molecule is Cc1ccc(OCc2c(C(=O)NCCc3ccccc3)noc2C)cc1C. The van der Waals surface area contributed by atoms with E-state index in [1.165, 1.54) is 11.1 Å². The molecule has 0 aliphatic carbocycles. The highest BCUT2D eigenvalue weighted by Crippen LogP contribution is 2.20. The maximum atomic E-state index is 12.5. The molecule has 3 aromatic rings. The van der Waals surface area contributed by atoms with Crippen molar-refractivity contribution in [2.75, 3.05) is 6.54 Å². The van der Waals surface area contributed by atoms with Gasteiger partial charge in [-0.25, -0.2) is 0 Å². The molecule has 0 aliphatic heterocycles. The minimum absolute atomic E-state index is 0.235. The summed E-state index contributed by atoms with van der Waals surface area (Å²) in [5.74, 6) is 1.10. The molecule has 1 amide bonds. The number of aromatic nitrogens is 1. The van der Waals surface area contributed by atoms with E-state index in [0.717, 1.165) is 17.7 Å². The summed E-state index contributed by atoms with van der Waals surface area (Å²) in [6.07, 6.45) is 0.762. The molecule has 0 radical (unpaired) electrons. The Balaban J connectivity index is 1.61. The summed E-state index contributed by atoms with van der Waals surface area (Å²) in [6.45, 7) is 6.65. The van der Waals surface area contributed by atoms with Crippen LogP contribution in [0.4, 0.5) is 0 Å². The van der Waals surface area contributed by atoms with Crippen molar-refractivity contribution in [2.45, 2.75) is 33.8 Å². The summed E-state index contributed by atoms with van der Waals surface area (Å²) in [4.78, 5) is 12.5. The summed E-state index contributed by atoms with van der Waals surface area (Å²) in [5, 5.41) is 6.82. The van der Waals surface area contributed by atoms with Crippen molar-refractivity contribution >= 4 is 5.91 Å². The molecule has 0 saturated carbocycles. The molecule has 5 heteroatoms. The number of aryl methyl sites for hydroxylation is 3. The van der Waals surface area contributed by atoms with Gasteiger partial charge in [-0.3, -0.25) is 4.79 Å². The third kappa shape index (κ3) is 4.76. The van der Waals surface area contributed by atoms with E-state index in [0.29, 0.717) is 17.9 Å². The van der Waals surface area contributed by atoms with Gasteiger partial charge in [0.25, 0.3) is 5.91 Å². The van der Waals surface area contributed by atoms with E-state index < -0.39 is 0 Å². The molecule has 27 heavy (non-hydrogen) atoms. The molecule has 1 aromatic heterocycles. The topological polar surface area (TPSA) is 64.4 Å². The van der Waals surface area contributed by atoms with Crippen molar-refractivity contribution in [3.63, 3.8) is 0 Å². The molecule has 5 nitrogen and oxygen atoms in total. The Hall–Kier alpha value is -3.08. The molecule has 1 heterocycles. The average molecular weight is 364 g/mol. The van der Waals surface area contributed by atoms with Crippen LogP contribution in [0.1, 0.15) is 38.5 Å². The molecule has 0 spiro atoms. The van der Waals surface area contributed by atoms with Crippen molar-refractivity contribution in [3.8, 4) is 5.75 Å². The highest BCUT2D eigenvalue weighted by atomic mass is 16.5. The fourth-order valence-corrected chi connectivity index (χ4v) is 2.75. The first-order chi connectivity index (χ1) is 13.0. The van der Waals surface area contributed by atoms with E-state index in [2.05, 4.69) is 17.4 Å². The van der Waals surface area contributed by atoms with Gasteiger partial charge in [0.1, 0.15) is 18.1 Å². The van der Waals surface area contributed by atoms with Crippen molar-refractivity contribution in [1.29, 1.82) is 0 Å². The van der Waals surface area contributed by atoms with Gasteiger partial charge in [-0.2, -0.15) is 0 Å². The largest absolute Gasteiger partial charge is 0.489 e. The maximum Gasteiger partial charge on any atom is 0.273 e. The van der Waals surface area contributed by atoms with Crippen LogP contribution in [-0.4, -0.2) is 17.6 Å². The average Bonchev–Trinajstić information content (AvgIpc) is 3.04. The van der Waals surface area contributed by atoms with Gasteiger partial charge in [-0.15, -0.1) is 0 Å². The summed E-state index contributed by atoms with van der Waals surface area (Å²) >= 11 is 0. The van der Waals surface area contributed by atoms with E-state index in [1.807, 2.05) is 55.5 Å². The van der Waals surface area contributed by atoms with Gasteiger partial charge < -0.3 is 14.6 Å². The molecule has 3 rings (SSSR count). The minimum Gasteiger partial charge on any atom is -0.489 e. The van der Waals surface area contributed by atoms with Crippen LogP contribution >= 0.6 is 0 Å². The van der Waals surface area contributed by atoms with Crippen LogP contribution in [-0.2, 0) is 13.0 Å². The van der Waals surface area contributed by atoms with Gasteiger partial charge >= 0.3 is 0 Å². The third-order valence-corrected chi connectivity index (χ3v) is 4.60. The number of hydrogen-bond donors (Lipinski definition) is 1. The molecule has 0 aliphatic rings. The van der Waals surface area contributed by atoms with E-state index >= 15 is 0 Å². The number of benzene rings is 2. The van der Waals surface area contributed by atoms with E-state index in [-0.39, 0.29) is 18.2 Å². The molecular formula is C22H24N2O3. The quantitative estimate of drug-likeness (QED) is 0.684. The Kier molecular flexibility index (Phi) is 5.91. The zero-order chi connectivity index (χ0) is 19.2. The van der Waals surface area contributed by atoms with E-state index in [1.54, 1.807) is 6.92 Å². The van der Waals surface area contributed by atoms with Crippen LogP contribution in [0.3, 0.4) is 0 Å². The lowest BCUT2D eigenvalue weighted by molar-refractivity contribution is 0.0943. The molecule has 2 aromatic carbocycles. The van der Waals surface area contributed by atoms with Gasteiger partial charge in [-0.1, -0.05) is 41.6 Å². The molecule has 0 atom stereocenters. The van der Waals surface area contributed by atoms with Crippen molar-refractivity contribution < 1.29 is 14.1 Å². The van der Waals surface area contributed by atoms with Crippen molar-refractivity contribution in [2.24, 2.45) is 0 Å². The minimum atomic E-state index is -0.249. The fraction of sp³-hybridized carbons (Fsp3) is 0.273. The molecule has 0 bridgehead atoms. The number of amides is 1. The molecule has 140 valence electrons. The van der Waals surface area contributed by atoms with Crippen LogP contribution in [0.2, 0.25) is 0 Å². The lowest BCUT2D eigenvalue weighted by Crippen LogP contribution is -2.27. The number of rotatable bonds is 7. The van der Waals surface area contributed by atoms with Crippen LogP contribution < -0.4 is 10.1 Å². The van der Waals surface area contributed by atoms with Gasteiger partial charge in [0, 0.05) is 6.54 Å². The number of nitrogens with zero attached hydrogens (tertiary/aromatic N) is 1. The Morgan fingerprint density at radius 2 is 1.85 bits per heavy atom. The monoisotopic (exact) mass is 364 g/mol. The highest BCUT2D eigenvalue weighted by molar-refractivity contribution is 5.93. The molecule has 0 fully saturated rings. The van der Waals surface area contributed by atoms with Crippen LogP contribution in [0, 0.1) is 20.8 Å². The second kappa shape index (κ2) is 8.54. The van der Waals surface area contributed by atoms with E-state index in [4.69, 9.17) is 9.26 Å². The van der Waals surface area contributed by atoms with Gasteiger partial charge in [0.15, 0.2) is 5.69 Å². The lowest BCUT2D eigenvalue weighted by Gasteiger charge is -2.09. The molecule has 0 unspecified atom stereocenters. The van der Waals surface area contributed by atoms with Crippen LogP contribution in [0.5, 0.6) is 5.75 Å². The number of ether oxygens (including phenoxy) is 1. The lowest BCUT2D eigenvalue weighted by atomic mass is 10.1. The zero-order valence-electron chi connectivity index (χ0n) is 15.9. The van der Waals surface area contributed by atoms with Crippen molar-refractivity contribution in [1.82, 2.24) is 10.5 Å². The number of carbonyl (C=O) groups excluding carboxylic acids is 1. The Morgan fingerprint density at radius 1 is 1.07 bits per heavy atom. The number of nitrogens with one attached hydrogen (secondary N) is 1. The summed E-state index contributed by atoms with van der Waals surface area (Å²) < 4.78 is 11.1. The fourth-order valence-electron chi connectivity index (χ4n) is 2.75. The summed E-state index contributed by atoms with van der Waals surface area (Å²) in [7, 11) is 0. The van der Waals surface area contributed by atoms with Crippen molar-refractivity contribution in [3.05, 3.63) is 82.2 Å². The Morgan fingerprint density at radius 3 is 2.59 bits per heavy atom. The second-order valence-electron chi connectivity index (χ2n) is 6.59. The van der Waals surface area contributed by atoms with Gasteiger partial charge in [0.05, 0.1) is 5.56 Å². The first-order valence-corrected chi connectivity index (χ1v) is 9.02. The maximum absolute atomic E-state index is 12.5. The summed E-state index contributed by atoms with van der Waals surface area (Å²) in [5.41, 5.74) is 4.50. The molecule has 1 N–H and O–H groups in total. The first-order valence-electron chi connectivity index (χ1n) is 9.02. The standard InChI is InChI=1S/C22H24N2O3/c1-15-9-10-19(13-16(15)2)26-14-20-17(3)27-24-21(20)22(25)23-12-11-18-7-5-4-6-8-18/h4-10,13H,11-12,14H2,1-3H3,(H,23,25). The predicted molar refractivity (Wildman–Crippen MR) is 104 cm³/mol. The third-order valence-electron chi connectivity index (χ3n) is 4.60. The van der Waals surface area contributed by atoms with Gasteiger partial charge in [-0.05, 0) is 56.0 Å². The smallest absolute Gasteiger partial charge is 0.273 e. The predicted octanol–water partition coefficient (Wildman–Crippen LogP) is 4.15. The second-order valence-corrected chi connectivity index (χ2v) is 6.59. The molecular weight excluding hydrogens is 340 g/mol. The summed E-state index contributed by atoms with van der Waals surface area (Å²) in [6, 6.07) is 15.9. The van der Waals surface area contributed by atoms with Crippen LogP contribution in [0.25, 0.3) is 0 Å². The van der Waals surface area contributed by atoms with Crippen LogP contribution in [0.15, 0.2) is 53.1 Å². The zero-order valence-corrected chi connectivity index (χ0v) is 15.9. The number of carbonyl (C=O) groups is 1. The first kappa shape index (κ1) is 18.7. The Bertz CT molecular complexity index is 917. The van der Waals surface area contributed by atoms with Gasteiger partial charge in [0.2, 0.25) is 0 Å². The molecule has 0 saturated heterocycles. The highest BCUT2D eigenvalue weighted by Gasteiger charge is 2.20. The Labute approximate surface area is 159 Å². The number of hydrogen-bond acceptors (Lipinski definition) is 4. The normalized spacial score (nSPS) is 10.6.